The number of rotatable bonds is 4. The van der Waals surface area contributed by atoms with Crippen LogP contribution in [-0.2, 0) is 14.3 Å². The fraction of sp³-hybridized carbons (Fsp3) is 0.474. The number of alkyl carbamates (subject to hydrolysis) is 1. The van der Waals surface area contributed by atoms with E-state index in [1.54, 1.807) is 32.6 Å². The zero-order valence-electron chi connectivity index (χ0n) is 15.8. The van der Waals surface area contributed by atoms with Gasteiger partial charge in [-0.1, -0.05) is 13.0 Å². The zero-order valence-corrected chi connectivity index (χ0v) is 15.8. The van der Waals surface area contributed by atoms with E-state index < -0.39 is 23.5 Å². The highest BCUT2D eigenvalue weighted by atomic mass is 19.1. The van der Waals surface area contributed by atoms with E-state index in [1.165, 1.54) is 12.3 Å². The first kappa shape index (κ1) is 19.8. The molecule has 0 saturated heterocycles. The molecule has 2 rings (SSSR count). The number of ether oxygens (including phenoxy) is 2. The van der Waals surface area contributed by atoms with Gasteiger partial charge < -0.3 is 14.4 Å². The predicted octanol–water partition coefficient (Wildman–Crippen LogP) is 3.69. The highest BCUT2D eigenvalue weighted by Crippen LogP contribution is 2.33. The molecular formula is C19H25FN2O4. The van der Waals surface area contributed by atoms with Crippen molar-refractivity contribution in [3.8, 4) is 0 Å². The van der Waals surface area contributed by atoms with Crippen LogP contribution in [0.2, 0.25) is 0 Å². The lowest BCUT2D eigenvalue weighted by Gasteiger charge is -2.31. The summed E-state index contributed by atoms with van der Waals surface area (Å²) in [5.74, 6) is -1.08. The van der Waals surface area contributed by atoms with Crippen molar-refractivity contribution in [1.29, 1.82) is 0 Å². The van der Waals surface area contributed by atoms with Gasteiger partial charge in [-0.05, 0) is 45.8 Å². The molecule has 0 aliphatic carbocycles. The molecule has 0 unspecified atom stereocenters. The van der Waals surface area contributed by atoms with Crippen LogP contribution in [0.25, 0.3) is 0 Å². The van der Waals surface area contributed by atoms with Crippen molar-refractivity contribution in [1.82, 2.24) is 10.2 Å². The number of hydrogen-bond donors (Lipinski definition) is 1. The van der Waals surface area contributed by atoms with Crippen molar-refractivity contribution in [2.75, 3.05) is 13.2 Å². The molecule has 0 spiro atoms. The van der Waals surface area contributed by atoms with E-state index in [9.17, 15) is 14.0 Å². The SMILES string of the molecule is CCOC(=O)C1=C2C=C(NC(=O)OC(C)(C)C)C(F)=CN2CC=C1CC. The van der Waals surface area contributed by atoms with E-state index in [1.807, 2.05) is 13.0 Å². The molecule has 2 heterocycles. The maximum absolute atomic E-state index is 14.4. The molecule has 2 aliphatic heterocycles. The Bertz CT molecular complexity index is 726. The summed E-state index contributed by atoms with van der Waals surface area (Å²) in [4.78, 5) is 26.0. The van der Waals surface area contributed by atoms with Crippen molar-refractivity contribution in [2.45, 2.75) is 46.6 Å². The summed E-state index contributed by atoms with van der Waals surface area (Å²) < 4.78 is 24.7. The normalized spacial score (nSPS) is 17.0. The first-order valence-electron chi connectivity index (χ1n) is 8.63. The van der Waals surface area contributed by atoms with Gasteiger partial charge >= 0.3 is 12.1 Å². The van der Waals surface area contributed by atoms with Crippen LogP contribution in [-0.4, -0.2) is 35.7 Å². The van der Waals surface area contributed by atoms with Crippen LogP contribution < -0.4 is 5.32 Å². The summed E-state index contributed by atoms with van der Waals surface area (Å²) in [6.45, 7) is 9.49. The van der Waals surface area contributed by atoms with E-state index in [2.05, 4.69) is 5.32 Å². The largest absolute Gasteiger partial charge is 0.462 e. The Morgan fingerprint density at radius 3 is 2.58 bits per heavy atom. The Hall–Kier alpha value is -2.57. The van der Waals surface area contributed by atoms with E-state index in [-0.39, 0.29) is 12.3 Å². The first-order chi connectivity index (χ1) is 12.2. The van der Waals surface area contributed by atoms with Crippen LogP contribution in [0.3, 0.4) is 0 Å². The van der Waals surface area contributed by atoms with Gasteiger partial charge in [0.2, 0.25) is 0 Å². The maximum Gasteiger partial charge on any atom is 0.412 e. The van der Waals surface area contributed by atoms with Gasteiger partial charge in [-0.3, -0.25) is 5.32 Å². The van der Waals surface area contributed by atoms with Gasteiger partial charge in [0.05, 0.1) is 23.6 Å². The minimum Gasteiger partial charge on any atom is -0.462 e. The highest BCUT2D eigenvalue weighted by Gasteiger charge is 2.30. The predicted molar refractivity (Wildman–Crippen MR) is 95.4 cm³/mol. The molecule has 1 amide bonds. The summed E-state index contributed by atoms with van der Waals surface area (Å²) >= 11 is 0. The number of carbonyl (C=O) groups is 2. The molecule has 0 radical (unpaired) electrons. The Morgan fingerprint density at radius 1 is 1.31 bits per heavy atom. The Balaban J connectivity index is 2.39. The Morgan fingerprint density at radius 2 is 2.00 bits per heavy atom. The van der Waals surface area contributed by atoms with E-state index in [4.69, 9.17) is 9.47 Å². The maximum atomic E-state index is 14.4. The molecular weight excluding hydrogens is 339 g/mol. The number of fused-ring (bicyclic) bond motifs is 1. The van der Waals surface area contributed by atoms with Gasteiger partial charge in [0, 0.05) is 12.7 Å². The van der Waals surface area contributed by atoms with Crippen molar-refractivity contribution in [3.05, 3.63) is 46.7 Å². The average molecular weight is 364 g/mol. The molecule has 0 aromatic carbocycles. The van der Waals surface area contributed by atoms with Crippen LogP contribution in [0.1, 0.15) is 41.0 Å². The molecule has 1 N–H and O–H groups in total. The third kappa shape index (κ3) is 4.53. The summed E-state index contributed by atoms with van der Waals surface area (Å²) in [5.41, 5.74) is 0.954. The molecule has 0 saturated carbocycles. The Labute approximate surface area is 153 Å². The second-order valence-electron chi connectivity index (χ2n) is 6.88. The Kier molecular flexibility index (Phi) is 5.90. The van der Waals surface area contributed by atoms with Gasteiger partial charge in [0.25, 0.3) is 0 Å². The lowest BCUT2D eigenvalue weighted by atomic mass is 9.95. The minimum atomic E-state index is -0.763. The van der Waals surface area contributed by atoms with E-state index >= 15 is 0 Å². The fourth-order valence-corrected chi connectivity index (χ4v) is 2.68. The lowest BCUT2D eigenvalue weighted by Crippen LogP contribution is -2.35. The van der Waals surface area contributed by atoms with Crippen molar-refractivity contribution >= 4 is 12.1 Å². The number of carbonyl (C=O) groups excluding carboxylic acids is 2. The number of halogens is 1. The lowest BCUT2D eigenvalue weighted by molar-refractivity contribution is -0.138. The molecule has 6 nitrogen and oxygen atoms in total. The van der Waals surface area contributed by atoms with Gasteiger partial charge in [-0.2, -0.15) is 0 Å². The van der Waals surface area contributed by atoms with Gasteiger partial charge in [-0.15, -0.1) is 0 Å². The molecule has 0 atom stereocenters. The number of allylic oxidation sites excluding steroid dienone is 2. The second kappa shape index (κ2) is 7.76. The number of hydrogen-bond acceptors (Lipinski definition) is 5. The fourth-order valence-electron chi connectivity index (χ4n) is 2.68. The monoisotopic (exact) mass is 364 g/mol. The third-order valence-electron chi connectivity index (χ3n) is 3.72. The molecule has 26 heavy (non-hydrogen) atoms. The zero-order chi connectivity index (χ0) is 19.5. The van der Waals surface area contributed by atoms with Crippen LogP contribution >= 0.6 is 0 Å². The average Bonchev–Trinajstić information content (AvgIpc) is 2.53. The standard InChI is InChI=1S/C19H25FN2O4/c1-6-12-8-9-22-11-13(20)14(21-18(24)26-19(3,4)5)10-15(22)16(12)17(23)25-7-2/h8,10-11H,6-7,9H2,1-5H3,(H,21,24). The molecule has 7 heteroatoms. The van der Waals surface area contributed by atoms with Gasteiger partial charge in [-0.25, -0.2) is 14.0 Å². The van der Waals surface area contributed by atoms with Crippen LogP contribution in [0, 0.1) is 0 Å². The quantitative estimate of drug-likeness (QED) is 0.771. The van der Waals surface area contributed by atoms with Crippen LogP contribution in [0.5, 0.6) is 0 Å². The summed E-state index contributed by atoms with van der Waals surface area (Å²) in [7, 11) is 0. The van der Waals surface area contributed by atoms with Crippen molar-refractivity contribution in [3.63, 3.8) is 0 Å². The molecule has 0 bridgehead atoms. The molecule has 0 aromatic rings. The highest BCUT2D eigenvalue weighted by molar-refractivity contribution is 5.95. The van der Waals surface area contributed by atoms with E-state index in [0.717, 1.165) is 5.57 Å². The topological polar surface area (TPSA) is 67.9 Å². The second-order valence-corrected chi connectivity index (χ2v) is 6.88. The summed E-state index contributed by atoms with van der Waals surface area (Å²) in [6.07, 6.45) is 4.44. The number of amides is 1. The van der Waals surface area contributed by atoms with Gasteiger partial charge in [0.1, 0.15) is 5.60 Å². The van der Waals surface area contributed by atoms with Crippen molar-refractivity contribution in [2.24, 2.45) is 0 Å². The summed E-state index contributed by atoms with van der Waals surface area (Å²) in [6, 6.07) is 0. The first-order valence-corrected chi connectivity index (χ1v) is 8.63. The van der Waals surface area contributed by atoms with Gasteiger partial charge in [0.15, 0.2) is 5.83 Å². The van der Waals surface area contributed by atoms with Crippen molar-refractivity contribution < 1.29 is 23.5 Å². The molecule has 0 fully saturated rings. The molecule has 0 aromatic heterocycles. The smallest absolute Gasteiger partial charge is 0.412 e. The van der Waals surface area contributed by atoms with Crippen LogP contribution in [0.4, 0.5) is 9.18 Å². The van der Waals surface area contributed by atoms with E-state index in [0.29, 0.717) is 24.2 Å². The van der Waals surface area contributed by atoms with Crippen LogP contribution in [0.15, 0.2) is 46.7 Å². The molecule has 2 aliphatic rings. The third-order valence-corrected chi connectivity index (χ3v) is 3.72. The summed E-state index contributed by atoms with van der Waals surface area (Å²) in [5, 5.41) is 2.41. The minimum absolute atomic E-state index is 0.0512. The number of nitrogens with one attached hydrogen (secondary N) is 1. The number of esters is 1. The molecule has 142 valence electrons. The number of nitrogens with zero attached hydrogens (tertiary/aromatic N) is 1.